The van der Waals surface area contributed by atoms with E-state index in [1.165, 1.54) is 0 Å². The second kappa shape index (κ2) is 2.51. The molecule has 3 rings (SSSR count). The minimum atomic E-state index is -0.301. The van der Waals surface area contributed by atoms with Gasteiger partial charge in [0, 0.05) is 17.5 Å². The molecule has 2 aliphatic heterocycles. The van der Waals surface area contributed by atoms with Gasteiger partial charge in [-0.25, -0.2) is 0 Å². The lowest BCUT2D eigenvalue weighted by Gasteiger charge is -2.20. The van der Waals surface area contributed by atoms with E-state index in [4.69, 9.17) is 0 Å². The Morgan fingerprint density at radius 1 is 1.29 bits per heavy atom. The lowest BCUT2D eigenvalue weighted by Crippen LogP contribution is -2.34. The van der Waals surface area contributed by atoms with E-state index in [2.05, 4.69) is 15.5 Å². The van der Waals surface area contributed by atoms with Crippen molar-refractivity contribution in [3.05, 3.63) is 29.8 Å². The van der Waals surface area contributed by atoms with Crippen molar-refractivity contribution in [1.82, 2.24) is 0 Å². The summed E-state index contributed by atoms with van der Waals surface area (Å²) in [5, 5.41) is 10.6. The Morgan fingerprint density at radius 3 is 3.07 bits per heavy atom. The molecular formula is C10H7N3O. The Labute approximate surface area is 80.4 Å². The Hall–Kier alpha value is -1.97. The first-order valence-corrected chi connectivity index (χ1v) is 4.37. The van der Waals surface area contributed by atoms with Gasteiger partial charge in [0.15, 0.2) is 0 Å². The van der Waals surface area contributed by atoms with E-state index in [0.29, 0.717) is 0 Å². The highest BCUT2D eigenvalue weighted by molar-refractivity contribution is 6.31. The number of hydrogen-bond donors (Lipinski definition) is 1. The van der Waals surface area contributed by atoms with Gasteiger partial charge in [-0.3, -0.25) is 4.79 Å². The lowest BCUT2D eigenvalue weighted by atomic mass is 9.92. The summed E-state index contributed by atoms with van der Waals surface area (Å²) in [4.78, 5) is 11.6. The summed E-state index contributed by atoms with van der Waals surface area (Å²) >= 11 is 0. The van der Waals surface area contributed by atoms with Crippen molar-refractivity contribution in [2.24, 2.45) is 16.1 Å². The van der Waals surface area contributed by atoms with Gasteiger partial charge < -0.3 is 5.32 Å². The summed E-state index contributed by atoms with van der Waals surface area (Å²) < 4.78 is 0. The van der Waals surface area contributed by atoms with Crippen molar-refractivity contribution in [2.45, 2.75) is 0 Å². The number of amides is 1. The summed E-state index contributed by atoms with van der Waals surface area (Å²) in [6, 6.07) is 7.61. The second-order valence-electron chi connectivity index (χ2n) is 3.26. The SMILES string of the molecule is O=C1Nc2ccccc2C2=NN=CC12. The fourth-order valence-electron chi connectivity index (χ4n) is 1.73. The molecule has 0 saturated heterocycles. The molecule has 68 valence electrons. The van der Waals surface area contributed by atoms with Crippen molar-refractivity contribution in [2.75, 3.05) is 5.32 Å². The number of nitrogens with one attached hydrogen (secondary N) is 1. The Morgan fingerprint density at radius 2 is 2.14 bits per heavy atom. The average molecular weight is 185 g/mol. The molecule has 1 amide bonds. The van der Waals surface area contributed by atoms with Crippen LogP contribution in [0.4, 0.5) is 5.69 Å². The number of anilines is 1. The van der Waals surface area contributed by atoms with Crippen LogP contribution in [0.1, 0.15) is 5.56 Å². The normalized spacial score (nSPS) is 22.4. The fourth-order valence-corrected chi connectivity index (χ4v) is 1.73. The average Bonchev–Trinajstić information content (AvgIpc) is 2.67. The lowest BCUT2D eigenvalue weighted by molar-refractivity contribution is -0.116. The van der Waals surface area contributed by atoms with E-state index in [9.17, 15) is 4.79 Å². The van der Waals surface area contributed by atoms with Gasteiger partial charge in [-0.2, -0.15) is 10.2 Å². The molecule has 0 bridgehead atoms. The molecule has 1 unspecified atom stereocenters. The maximum atomic E-state index is 11.6. The maximum absolute atomic E-state index is 11.6. The molecule has 0 saturated carbocycles. The number of benzene rings is 1. The molecule has 0 radical (unpaired) electrons. The first-order chi connectivity index (χ1) is 6.86. The Balaban J connectivity index is 2.22. The molecule has 0 fully saturated rings. The molecule has 0 spiro atoms. The van der Waals surface area contributed by atoms with Gasteiger partial charge in [-0.05, 0) is 6.07 Å². The zero-order valence-corrected chi connectivity index (χ0v) is 7.27. The molecular weight excluding hydrogens is 178 g/mol. The summed E-state index contributed by atoms with van der Waals surface area (Å²) in [5.74, 6) is -0.353. The number of carbonyl (C=O) groups excluding carboxylic acids is 1. The van der Waals surface area contributed by atoms with Gasteiger partial charge in [0.25, 0.3) is 0 Å². The van der Waals surface area contributed by atoms with Crippen LogP contribution in [-0.2, 0) is 4.79 Å². The van der Waals surface area contributed by atoms with Crippen molar-refractivity contribution in [3.8, 4) is 0 Å². The zero-order valence-electron chi connectivity index (χ0n) is 7.27. The predicted molar refractivity (Wildman–Crippen MR) is 53.6 cm³/mol. The third-order valence-electron chi connectivity index (χ3n) is 2.42. The molecule has 0 aromatic heterocycles. The third-order valence-corrected chi connectivity index (χ3v) is 2.42. The quantitative estimate of drug-likeness (QED) is 0.645. The summed E-state index contributed by atoms with van der Waals surface area (Å²) in [6.45, 7) is 0. The van der Waals surface area contributed by atoms with E-state index >= 15 is 0 Å². The largest absolute Gasteiger partial charge is 0.325 e. The van der Waals surface area contributed by atoms with Crippen molar-refractivity contribution in [1.29, 1.82) is 0 Å². The van der Waals surface area contributed by atoms with Crippen molar-refractivity contribution < 1.29 is 4.79 Å². The molecule has 1 N–H and O–H groups in total. The standard InChI is InChI=1S/C10H7N3O/c14-10-7-5-11-13-9(7)6-3-1-2-4-8(6)12-10/h1-5,7H,(H,12,14). The number of carbonyl (C=O) groups is 1. The fraction of sp³-hybridized carbons (Fsp3) is 0.100. The molecule has 1 aromatic rings. The van der Waals surface area contributed by atoms with Gasteiger partial charge in [0.2, 0.25) is 5.91 Å². The van der Waals surface area contributed by atoms with Gasteiger partial charge in [0.1, 0.15) is 5.92 Å². The zero-order chi connectivity index (χ0) is 9.54. The molecule has 1 atom stereocenters. The van der Waals surface area contributed by atoms with E-state index in [0.717, 1.165) is 17.0 Å². The Bertz CT molecular complexity index is 476. The topological polar surface area (TPSA) is 53.8 Å². The van der Waals surface area contributed by atoms with Crippen LogP contribution in [0.15, 0.2) is 34.5 Å². The van der Waals surface area contributed by atoms with Crippen molar-refractivity contribution in [3.63, 3.8) is 0 Å². The maximum Gasteiger partial charge on any atom is 0.239 e. The highest BCUT2D eigenvalue weighted by atomic mass is 16.2. The molecule has 14 heavy (non-hydrogen) atoms. The van der Waals surface area contributed by atoms with Gasteiger partial charge in [-0.1, -0.05) is 18.2 Å². The molecule has 0 aliphatic carbocycles. The molecule has 4 heteroatoms. The number of nitrogens with zero attached hydrogens (tertiary/aromatic N) is 2. The Kier molecular flexibility index (Phi) is 1.33. The monoisotopic (exact) mass is 185 g/mol. The van der Waals surface area contributed by atoms with Gasteiger partial charge in [-0.15, -0.1) is 0 Å². The van der Waals surface area contributed by atoms with Crippen LogP contribution in [0, 0.1) is 5.92 Å². The first-order valence-electron chi connectivity index (χ1n) is 4.37. The highest BCUT2D eigenvalue weighted by Crippen LogP contribution is 2.27. The van der Waals surface area contributed by atoms with Crippen LogP contribution < -0.4 is 5.32 Å². The second-order valence-corrected chi connectivity index (χ2v) is 3.26. The molecule has 4 nitrogen and oxygen atoms in total. The number of hydrogen-bond acceptors (Lipinski definition) is 3. The van der Waals surface area contributed by atoms with Crippen LogP contribution in [0.5, 0.6) is 0 Å². The third kappa shape index (κ3) is 0.849. The number of rotatable bonds is 0. The van der Waals surface area contributed by atoms with Crippen molar-refractivity contribution >= 4 is 23.5 Å². The summed E-state index contributed by atoms with van der Waals surface area (Å²) in [7, 11) is 0. The predicted octanol–water partition coefficient (Wildman–Crippen LogP) is 1.04. The van der Waals surface area contributed by atoms with Crippen LogP contribution >= 0.6 is 0 Å². The summed E-state index contributed by atoms with van der Waals surface area (Å²) in [6.07, 6.45) is 1.57. The number of para-hydroxylation sites is 1. The first kappa shape index (κ1) is 7.44. The van der Waals surface area contributed by atoms with E-state index in [1.54, 1.807) is 6.21 Å². The van der Waals surface area contributed by atoms with E-state index < -0.39 is 0 Å². The highest BCUT2D eigenvalue weighted by Gasteiger charge is 2.33. The van der Waals surface area contributed by atoms with E-state index in [1.807, 2.05) is 24.3 Å². The van der Waals surface area contributed by atoms with Crippen LogP contribution in [0.2, 0.25) is 0 Å². The smallest absolute Gasteiger partial charge is 0.239 e. The molecule has 2 aliphatic rings. The summed E-state index contributed by atoms with van der Waals surface area (Å²) in [5.41, 5.74) is 2.54. The van der Waals surface area contributed by atoms with Gasteiger partial charge >= 0.3 is 0 Å². The van der Waals surface area contributed by atoms with Crippen LogP contribution in [-0.4, -0.2) is 17.8 Å². The number of fused-ring (bicyclic) bond motifs is 3. The minimum Gasteiger partial charge on any atom is -0.325 e. The van der Waals surface area contributed by atoms with E-state index in [-0.39, 0.29) is 11.8 Å². The van der Waals surface area contributed by atoms with Crippen LogP contribution in [0.25, 0.3) is 0 Å². The molecule has 2 heterocycles. The molecule has 1 aromatic carbocycles. The minimum absolute atomic E-state index is 0.0521. The van der Waals surface area contributed by atoms with Gasteiger partial charge in [0.05, 0.1) is 5.71 Å². The van der Waals surface area contributed by atoms with Crippen LogP contribution in [0.3, 0.4) is 0 Å².